The van der Waals surface area contributed by atoms with E-state index in [-0.39, 0.29) is 0 Å². The fourth-order valence-corrected chi connectivity index (χ4v) is 3.63. The average Bonchev–Trinajstić information content (AvgIpc) is 3.03. The number of hydrogen-bond acceptors (Lipinski definition) is 3. The van der Waals surface area contributed by atoms with Crippen molar-refractivity contribution in [3.05, 3.63) is 16.1 Å². The molecule has 2 heterocycles. The Hall–Kier alpha value is -1.10. The highest BCUT2D eigenvalue weighted by Gasteiger charge is 2.30. The average molecular weight is 323 g/mol. The topological polar surface area (TPSA) is 40.5 Å². The number of aryl methyl sites for hydroxylation is 2. The zero-order valence-corrected chi connectivity index (χ0v) is 15.3. The SMILES string of the molecule is CCNC(=NCCCCc1nc(C)cs1)N1CCC(C)(C)C1. The van der Waals surface area contributed by atoms with Gasteiger partial charge in [-0.1, -0.05) is 13.8 Å². The molecule has 0 saturated carbocycles. The first-order chi connectivity index (χ1) is 10.5. The smallest absolute Gasteiger partial charge is 0.193 e. The molecule has 5 heteroatoms. The van der Waals surface area contributed by atoms with E-state index in [1.165, 1.54) is 17.8 Å². The fourth-order valence-electron chi connectivity index (χ4n) is 2.81. The summed E-state index contributed by atoms with van der Waals surface area (Å²) in [6, 6.07) is 0. The van der Waals surface area contributed by atoms with Crippen molar-refractivity contribution in [2.45, 2.75) is 53.4 Å². The molecule has 0 atom stereocenters. The molecule has 0 radical (unpaired) electrons. The van der Waals surface area contributed by atoms with Crippen molar-refractivity contribution in [3.8, 4) is 0 Å². The zero-order chi connectivity index (χ0) is 16.0. The second-order valence-electron chi connectivity index (χ2n) is 6.91. The summed E-state index contributed by atoms with van der Waals surface area (Å²) < 4.78 is 0. The van der Waals surface area contributed by atoms with Gasteiger partial charge in [-0.3, -0.25) is 4.99 Å². The van der Waals surface area contributed by atoms with E-state index in [0.29, 0.717) is 5.41 Å². The molecule has 1 saturated heterocycles. The van der Waals surface area contributed by atoms with E-state index < -0.39 is 0 Å². The van der Waals surface area contributed by atoms with Gasteiger partial charge >= 0.3 is 0 Å². The lowest BCUT2D eigenvalue weighted by Gasteiger charge is -2.23. The van der Waals surface area contributed by atoms with Crippen LogP contribution in [0.15, 0.2) is 10.4 Å². The number of nitrogens with zero attached hydrogens (tertiary/aromatic N) is 3. The zero-order valence-electron chi connectivity index (χ0n) is 14.5. The molecule has 0 amide bonds. The Balaban J connectivity index is 1.75. The molecule has 4 nitrogen and oxygen atoms in total. The van der Waals surface area contributed by atoms with Gasteiger partial charge in [0.1, 0.15) is 0 Å². The van der Waals surface area contributed by atoms with E-state index in [1.807, 2.05) is 0 Å². The van der Waals surface area contributed by atoms with Gasteiger partial charge in [-0.25, -0.2) is 4.98 Å². The van der Waals surface area contributed by atoms with Crippen molar-refractivity contribution in [1.82, 2.24) is 15.2 Å². The summed E-state index contributed by atoms with van der Waals surface area (Å²) in [7, 11) is 0. The van der Waals surface area contributed by atoms with E-state index in [4.69, 9.17) is 4.99 Å². The standard InChI is InChI=1S/C17H30N4S/c1-5-18-16(21-11-9-17(3,4)13-21)19-10-7-6-8-15-20-14(2)12-22-15/h12H,5-11,13H2,1-4H3,(H,18,19). The number of likely N-dealkylation sites (tertiary alicyclic amines) is 1. The van der Waals surface area contributed by atoms with Crippen LogP contribution in [0.5, 0.6) is 0 Å². The van der Waals surface area contributed by atoms with Crippen LogP contribution in [0.2, 0.25) is 0 Å². The van der Waals surface area contributed by atoms with Crippen molar-refractivity contribution < 1.29 is 0 Å². The van der Waals surface area contributed by atoms with Crippen molar-refractivity contribution in [2.75, 3.05) is 26.2 Å². The molecular formula is C17H30N4S. The molecule has 0 unspecified atom stereocenters. The lowest BCUT2D eigenvalue weighted by Crippen LogP contribution is -2.40. The van der Waals surface area contributed by atoms with E-state index in [2.05, 4.69) is 48.3 Å². The van der Waals surface area contributed by atoms with Gasteiger partial charge in [-0.15, -0.1) is 11.3 Å². The fraction of sp³-hybridized carbons (Fsp3) is 0.765. The Morgan fingerprint density at radius 1 is 1.45 bits per heavy atom. The van der Waals surface area contributed by atoms with Crippen LogP contribution in [0, 0.1) is 12.3 Å². The highest BCUT2D eigenvalue weighted by atomic mass is 32.1. The molecule has 0 spiro atoms. The normalized spacial score (nSPS) is 18.0. The maximum Gasteiger partial charge on any atom is 0.193 e. The number of hydrogen-bond donors (Lipinski definition) is 1. The predicted octanol–water partition coefficient (Wildman–Crippen LogP) is 3.47. The lowest BCUT2D eigenvalue weighted by molar-refractivity contribution is 0.370. The minimum Gasteiger partial charge on any atom is -0.357 e. The van der Waals surface area contributed by atoms with Crippen LogP contribution in [0.25, 0.3) is 0 Å². The first-order valence-corrected chi connectivity index (χ1v) is 9.32. The van der Waals surface area contributed by atoms with Crippen LogP contribution in [-0.2, 0) is 6.42 Å². The van der Waals surface area contributed by atoms with Gasteiger partial charge in [0.05, 0.1) is 5.01 Å². The maximum atomic E-state index is 4.81. The number of guanidine groups is 1. The van der Waals surface area contributed by atoms with Crippen LogP contribution in [0.4, 0.5) is 0 Å². The highest BCUT2D eigenvalue weighted by molar-refractivity contribution is 7.09. The molecule has 1 N–H and O–H groups in total. The third-order valence-corrected chi connectivity index (χ3v) is 5.07. The van der Waals surface area contributed by atoms with Crippen molar-refractivity contribution in [1.29, 1.82) is 0 Å². The third kappa shape index (κ3) is 5.27. The van der Waals surface area contributed by atoms with Crippen molar-refractivity contribution in [2.24, 2.45) is 10.4 Å². The molecule has 1 aromatic rings. The summed E-state index contributed by atoms with van der Waals surface area (Å²) in [4.78, 5) is 11.7. The van der Waals surface area contributed by atoms with Gasteiger partial charge in [0.2, 0.25) is 0 Å². The first-order valence-electron chi connectivity index (χ1n) is 8.44. The molecule has 0 bridgehead atoms. The predicted molar refractivity (Wildman–Crippen MR) is 95.7 cm³/mol. The van der Waals surface area contributed by atoms with E-state index in [1.54, 1.807) is 11.3 Å². The molecule has 1 aliphatic rings. The number of nitrogens with one attached hydrogen (secondary N) is 1. The molecule has 2 rings (SSSR count). The maximum absolute atomic E-state index is 4.81. The van der Waals surface area contributed by atoms with E-state index in [9.17, 15) is 0 Å². The lowest BCUT2D eigenvalue weighted by atomic mass is 9.93. The molecule has 1 aromatic heterocycles. The van der Waals surface area contributed by atoms with Crippen LogP contribution in [-0.4, -0.2) is 42.0 Å². The summed E-state index contributed by atoms with van der Waals surface area (Å²) in [5.74, 6) is 1.10. The largest absolute Gasteiger partial charge is 0.357 e. The Labute approximate surface area is 139 Å². The van der Waals surface area contributed by atoms with Crippen molar-refractivity contribution >= 4 is 17.3 Å². The Bertz CT molecular complexity index is 493. The Morgan fingerprint density at radius 2 is 2.27 bits per heavy atom. The minimum absolute atomic E-state index is 0.416. The second-order valence-corrected chi connectivity index (χ2v) is 7.85. The quantitative estimate of drug-likeness (QED) is 0.495. The van der Waals surface area contributed by atoms with Gasteiger partial charge in [-0.2, -0.15) is 0 Å². The molecule has 1 fully saturated rings. The van der Waals surface area contributed by atoms with Gasteiger partial charge in [0.15, 0.2) is 5.96 Å². The second kappa shape index (κ2) is 7.95. The number of unbranched alkanes of at least 4 members (excludes halogenated alkanes) is 1. The summed E-state index contributed by atoms with van der Waals surface area (Å²) >= 11 is 1.77. The van der Waals surface area contributed by atoms with Gasteiger partial charge in [-0.05, 0) is 44.9 Å². The monoisotopic (exact) mass is 322 g/mol. The van der Waals surface area contributed by atoms with E-state index in [0.717, 1.165) is 50.7 Å². The number of aromatic nitrogens is 1. The molecule has 1 aliphatic heterocycles. The summed E-state index contributed by atoms with van der Waals surface area (Å²) in [5.41, 5.74) is 1.56. The molecule has 0 aliphatic carbocycles. The molecule has 22 heavy (non-hydrogen) atoms. The number of rotatable bonds is 6. The molecular weight excluding hydrogens is 292 g/mol. The summed E-state index contributed by atoms with van der Waals surface area (Å²) in [5, 5.41) is 6.83. The van der Waals surface area contributed by atoms with Crippen molar-refractivity contribution in [3.63, 3.8) is 0 Å². The van der Waals surface area contributed by atoms with Crippen LogP contribution in [0.1, 0.15) is 50.7 Å². The number of aliphatic imine (C=N–C) groups is 1. The Morgan fingerprint density at radius 3 is 2.86 bits per heavy atom. The summed E-state index contributed by atoms with van der Waals surface area (Å²) in [6.45, 7) is 13.0. The van der Waals surface area contributed by atoms with Crippen LogP contribution < -0.4 is 5.32 Å². The van der Waals surface area contributed by atoms with Gasteiger partial charge in [0.25, 0.3) is 0 Å². The molecule has 0 aromatic carbocycles. The number of thiazole rings is 1. The third-order valence-electron chi connectivity index (χ3n) is 4.04. The van der Waals surface area contributed by atoms with Gasteiger partial charge < -0.3 is 10.2 Å². The van der Waals surface area contributed by atoms with Gasteiger partial charge in [0, 0.05) is 37.3 Å². The Kier molecular flexibility index (Phi) is 6.24. The van der Waals surface area contributed by atoms with Crippen LogP contribution in [0.3, 0.4) is 0 Å². The first kappa shape index (κ1) is 17.3. The van der Waals surface area contributed by atoms with Crippen LogP contribution >= 0.6 is 11.3 Å². The minimum atomic E-state index is 0.416. The van der Waals surface area contributed by atoms with E-state index >= 15 is 0 Å². The molecule has 124 valence electrons. The summed E-state index contributed by atoms with van der Waals surface area (Å²) in [6.07, 6.45) is 4.63. The highest BCUT2D eigenvalue weighted by Crippen LogP contribution is 2.28.